The molecule has 146 valence electrons. The number of likely N-dealkylation sites (tertiary alicyclic amines) is 1. The van der Waals surface area contributed by atoms with Gasteiger partial charge in [-0.2, -0.15) is 0 Å². The van der Waals surface area contributed by atoms with Crippen LogP contribution in [0.3, 0.4) is 0 Å². The summed E-state index contributed by atoms with van der Waals surface area (Å²) in [6.07, 6.45) is 5.95. The third-order valence-electron chi connectivity index (χ3n) is 5.22. The Labute approximate surface area is 169 Å². The van der Waals surface area contributed by atoms with Crippen LogP contribution in [-0.2, 0) is 4.74 Å². The number of guanidine groups is 1. The average Bonchev–Trinajstić information content (AvgIpc) is 2.93. The maximum absolute atomic E-state index is 11.7. The summed E-state index contributed by atoms with van der Waals surface area (Å²) in [5.41, 5.74) is 0.554. The molecule has 2 N–H and O–H groups in total. The van der Waals surface area contributed by atoms with E-state index in [-0.39, 0.29) is 36.1 Å². The molecule has 2 fully saturated rings. The molecule has 1 saturated carbocycles. The molecule has 1 amide bonds. The summed E-state index contributed by atoms with van der Waals surface area (Å²) in [5, 5.41) is 6.42. The highest BCUT2D eigenvalue weighted by Crippen LogP contribution is 2.47. The zero-order valence-electron chi connectivity index (χ0n) is 16.1. The number of amides is 1. The normalized spacial score (nSPS) is 20.0. The second-order valence-corrected chi connectivity index (χ2v) is 7.64. The van der Waals surface area contributed by atoms with Crippen LogP contribution in [-0.4, -0.2) is 56.3 Å². The van der Waals surface area contributed by atoms with Gasteiger partial charge in [-0.05, 0) is 43.9 Å². The molecule has 0 aromatic heterocycles. The minimum atomic E-state index is -0.338. The molecular weight excluding hydrogens is 431 g/mol. The quantitative estimate of drug-likeness (QED) is 0.359. The van der Waals surface area contributed by atoms with Crippen LogP contribution in [0, 0.1) is 11.3 Å². The molecule has 2 rings (SSSR count). The van der Waals surface area contributed by atoms with Gasteiger partial charge < -0.3 is 20.3 Å². The van der Waals surface area contributed by atoms with Gasteiger partial charge in [-0.25, -0.2) is 4.79 Å². The molecule has 6 nitrogen and oxygen atoms in total. The van der Waals surface area contributed by atoms with Crippen molar-refractivity contribution in [3.8, 4) is 0 Å². The van der Waals surface area contributed by atoms with E-state index >= 15 is 0 Å². The van der Waals surface area contributed by atoms with E-state index in [0.717, 1.165) is 25.5 Å². The van der Waals surface area contributed by atoms with Gasteiger partial charge in [0.25, 0.3) is 0 Å². The Kier molecular flexibility index (Phi) is 9.30. The highest BCUT2D eigenvalue weighted by atomic mass is 127. The summed E-state index contributed by atoms with van der Waals surface area (Å²) in [6.45, 7) is 9.41. The van der Waals surface area contributed by atoms with Gasteiger partial charge in [0, 0.05) is 32.7 Å². The molecule has 1 heterocycles. The Morgan fingerprint density at radius 1 is 1.32 bits per heavy atom. The standard InChI is InChI=1S/C18H34N4O2.HI/c1-5-24-17(23)21-15(11-14(2)3)12-20-16(19-4)22-10-9-18(13-22)7-6-8-18;/h14-15H,5-13H2,1-4H3,(H,19,20)(H,21,23);1H. The fraction of sp³-hybridized carbons (Fsp3) is 0.889. The van der Waals surface area contributed by atoms with Gasteiger partial charge in [0.15, 0.2) is 5.96 Å². The lowest BCUT2D eigenvalue weighted by molar-refractivity contribution is 0.146. The molecule has 2 aliphatic rings. The summed E-state index contributed by atoms with van der Waals surface area (Å²) in [4.78, 5) is 18.6. The van der Waals surface area contributed by atoms with Gasteiger partial charge in [0.1, 0.15) is 0 Å². The van der Waals surface area contributed by atoms with Crippen LogP contribution >= 0.6 is 24.0 Å². The van der Waals surface area contributed by atoms with Gasteiger partial charge in [-0.3, -0.25) is 4.99 Å². The molecule has 0 aromatic carbocycles. The van der Waals surface area contributed by atoms with Crippen LogP contribution in [0.4, 0.5) is 4.79 Å². The zero-order valence-corrected chi connectivity index (χ0v) is 18.5. The summed E-state index contributed by atoms with van der Waals surface area (Å²) in [7, 11) is 1.84. The summed E-state index contributed by atoms with van der Waals surface area (Å²) in [5.74, 6) is 1.46. The van der Waals surface area contributed by atoms with Gasteiger partial charge in [0.2, 0.25) is 0 Å². The second-order valence-electron chi connectivity index (χ2n) is 7.64. The minimum Gasteiger partial charge on any atom is -0.450 e. The van der Waals surface area contributed by atoms with Crippen LogP contribution in [0.5, 0.6) is 0 Å². The smallest absolute Gasteiger partial charge is 0.407 e. The molecule has 1 unspecified atom stereocenters. The summed E-state index contributed by atoms with van der Waals surface area (Å²) >= 11 is 0. The van der Waals surface area contributed by atoms with Gasteiger partial charge >= 0.3 is 6.09 Å². The second kappa shape index (κ2) is 10.4. The Morgan fingerprint density at radius 2 is 2.04 bits per heavy atom. The summed E-state index contributed by atoms with van der Waals surface area (Å²) in [6, 6.07) is 0.0427. The molecule has 0 bridgehead atoms. The van der Waals surface area contributed by atoms with Crippen molar-refractivity contribution in [3.63, 3.8) is 0 Å². The summed E-state index contributed by atoms with van der Waals surface area (Å²) < 4.78 is 5.02. The van der Waals surface area contributed by atoms with Gasteiger partial charge in [0.05, 0.1) is 6.61 Å². The Balaban J connectivity index is 0.00000312. The predicted octanol–water partition coefficient (Wildman–Crippen LogP) is 3.22. The van der Waals surface area contributed by atoms with Crippen molar-refractivity contribution < 1.29 is 9.53 Å². The number of ether oxygens (including phenoxy) is 1. The molecule has 1 atom stereocenters. The predicted molar refractivity (Wildman–Crippen MR) is 113 cm³/mol. The van der Waals surface area contributed by atoms with Crippen molar-refractivity contribution in [1.82, 2.24) is 15.5 Å². The number of carbonyl (C=O) groups is 1. The SMILES string of the molecule is CCOC(=O)NC(CNC(=NC)N1CCC2(CCC2)C1)CC(C)C.I. The monoisotopic (exact) mass is 466 g/mol. The fourth-order valence-corrected chi connectivity index (χ4v) is 3.85. The number of nitrogens with one attached hydrogen (secondary N) is 2. The number of rotatable bonds is 6. The van der Waals surface area contributed by atoms with E-state index in [9.17, 15) is 4.79 Å². The average molecular weight is 466 g/mol. The van der Waals surface area contributed by atoms with Gasteiger partial charge in [-0.1, -0.05) is 20.3 Å². The van der Waals surface area contributed by atoms with Crippen molar-refractivity contribution in [2.75, 3.05) is 33.3 Å². The highest BCUT2D eigenvalue weighted by molar-refractivity contribution is 14.0. The van der Waals surface area contributed by atoms with E-state index in [1.54, 1.807) is 0 Å². The number of hydrogen-bond acceptors (Lipinski definition) is 3. The Bertz CT molecular complexity index is 452. The molecule has 25 heavy (non-hydrogen) atoms. The van der Waals surface area contributed by atoms with E-state index in [4.69, 9.17) is 4.74 Å². The van der Waals surface area contributed by atoms with E-state index in [1.165, 1.54) is 25.7 Å². The number of alkyl carbamates (subject to hydrolysis) is 1. The van der Waals surface area contributed by atoms with E-state index in [0.29, 0.717) is 24.5 Å². The minimum absolute atomic E-state index is 0. The van der Waals surface area contributed by atoms with Crippen molar-refractivity contribution in [2.24, 2.45) is 16.3 Å². The number of halogens is 1. The number of carbonyl (C=O) groups excluding carboxylic acids is 1. The molecule has 0 radical (unpaired) electrons. The van der Waals surface area contributed by atoms with Crippen molar-refractivity contribution in [3.05, 3.63) is 0 Å². The Morgan fingerprint density at radius 3 is 2.52 bits per heavy atom. The van der Waals surface area contributed by atoms with Crippen LogP contribution in [0.15, 0.2) is 4.99 Å². The number of hydrogen-bond donors (Lipinski definition) is 2. The lowest BCUT2D eigenvalue weighted by Gasteiger charge is -2.38. The first-order chi connectivity index (χ1) is 11.5. The van der Waals surface area contributed by atoms with E-state index in [2.05, 4.69) is 34.4 Å². The molecule has 1 spiro atoms. The number of aliphatic imine (C=N–C) groups is 1. The molecular formula is C18H35IN4O2. The van der Waals surface area contributed by atoms with Crippen LogP contribution in [0.25, 0.3) is 0 Å². The van der Waals surface area contributed by atoms with Crippen LogP contribution in [0.1, 0.15) is 52.9 Å². The van der Waals surface area contributed by atoms with Crippen molar-refractivity contribution in [2.45, 2.75) is 58.9 Å². The van der Waals surface area contributed by atoms with Crippen LogP contribution in [0.2, 0.25) is 0 Å². The fourth-order valence-electron chi connectivity index (χ4n) is 3.85. The topological polar surface area (TPSA) is 66.0 Å². The maximum atomic E-state index is 11.7. The molecule has 1 aliphatic heterocycles. The lowest BCUT2D eigenvalue weighted by atomic mass is 9.68. The first-order valence-electron chi connectivity index (χ1n) is 9.37. The van der Waals surface area contributed by atoms with E-state index in [1.807, 2.05) is 14.0 Å². The molecule has 1 saturated heterocycles. The van der Waals surface area contributed by atoms with Gasteiger partial charge in [-0.15, -0.1) is 24.0 Å². The third-order valence-corrected chi connectivity index (χ3v) is 5.22. The highest BCUT2D eigenvalue weighted by Gasteiger charge is 2.43. The molecule has 0 aromatic rings. The zero-order chi connectivity index (χ0) is 17.6. The van der Waals surface area contributed by atoms with Crippen molar-refractivity contribution >= 4 is 36.0 Å². The lowest BCUT2D eigenvalue weighted by Crippen LogP contribution is -2.49. The first kappa shape index (κ1) is 22.3. The van der Waals surface area contributed by atoms with E-state index < -0.39 is 0 Å². The number of nitrogens with zero attached hydrogens (tertiary/aromatic N) is 2. The largest absolute Gasteiger partial charge is 0.450 e. The third kappa shape index (κ3) is 6.49. The Hall–Kier alpha value is -0.730. The maximum Gasteiger partial charge on any atom is 0.407 e. The van der Waals surface area contributed by atoms with Crippen molar-refractivity contribution in [1.29, 1.82) is 0 Å². The molecule has 1 aliphatic carbocycles. The first-order valence-corrected chi connectivity index (χ1v) is 9.37. The molecule has 7 heteroatoms. The van der Waals surface area contributed by atoms with Crippen LogP contribution < -0.4 is 10.6 Å².